The van der Waals surface area contributed by atoms with Gasteiger partial charge in [-0.25, -0.2) is 8.42 Å². The van der Waals surface area contributed by atoms with E-state index in [0.29, 0.717) is 18.2 Å². The summed E-state index contributed by atoms with van der Waals surface area (Å²) in [6.07, 6.45) is 2.79. The summed E-state index contributed by atoms with van der Waals surface area (Å²) in [5.41, 5.74) is 5.11. The van der Waals surface area contributed by atoms with Crippen molar-refractivity contribution in [3.05, 3.63) is 64.7 Å². The van der Waals surface area contributed by atoms with E-state index in [4.69, 9.17) is 0 Å². The highest BCUT2D eigenvalue weighted by atomic mass is 32.2. The number of benzene rings is 2. The van der Waals surface area contributed by atoms with Crippen LogP contribution in [0.3, 0.4) is 0 Å². The van der Waals surface area contributed by atoms with Crippen LogP contribution >= 0.6 is 0 Å². The SMILES string of the molecule is Cc1ccc(N([C@@H](C)C(=O)NCCCc2ccc(C(C)C)cc2)S(C)(=O)=O)cc1C. The Morgan fingerprint density at radius 1 is 1.00 bits per heavy atom. The molecule has 30 heavy (non-hydrogen) atoms. The third-order valence-electron chi connectivity index (χ3n) is 5.42. The maximum atomic E-state index is 12.7. The average Bonchev–Trinajstić information content (AvgIpc) is 2.67. The van der Waals surface area contributed by atoms with Gasteiger partial charge in [0.2, 0.25) is 15.9 Å². The van der Waals surface area contributed by atoms with Crippen LogP contribution in [0, 0.1) is 13.8 Å². The highest BCUT2D eigenvalue weighted by Gasteiger charge is 2.29. The first-order chi connectivity index (χ1) is 14.0. The number of carbonyl (C=O) groups excluding carboxylic acids is 1. The lowest BCUT2D eigenvalue weighted by atomic mass is 10.0. The van der Waals surface area contributed by atoms with E-state index in [1.165, 1.54) is 15.4 Å². The van der Waals surface area contributed by atoms with Crippen molar-refractivity contribution in [1.82, 2.24) is 5.32 Å². The molecule has 0 aliphatic rings. The number of aryl methyl sites for hydroxylation is 3. The molecule has 0 spiro atoms. The van der Waals surface area contributed by atoms with Gasteiger partial charge in [0.25, 0.3) is 0 Å². The third kappa shape index (κ3) is 6.33. The highest BCUT2D eigenvalue weighted by molar-refractivity contribution is 7.92. The Morgan fingerprint density at radius 2 is 1.63 bits per heavy atom. The number of amides is 1. The van der Waals surface area contributed by atoms with Gasteiger partial charge in [0.05, 0.1) is 11.9 Å². The summed E-state index contributed by atoms with van der Waals surface area (Å²) < 4.78 is 26.0. The first-order valence-corrected chi connectivity index (χ1v) is 12.3. The maximum Gasteiger partial charge on any atom is 0.243 e. The molecule has 0 aliphatic heterocycles. The molecule has 0 heterocycles. The van der Waals surface area contributed by atoms with Crippen LogP contribution in [0.2, 0.25) is 0 Å². The first-order valence-electron chi connectivity index (χ1n) is 10.4. The molecule has 2 aromatic carbocycles. The molecular formula is C24H34N2O3S. The van der Waals surface area contributed by atoms with E-state index in [0.717, 1.165) is 30.2 Å². The molecule has 0 fully saturated rings. The van der Waals surface area contributed by atoms with Crippen molar-refractivity contribution in [3.8, 4) is 0 Å². The van der Waals surface area contributed by atoms with E-state index in [2.05, 4.69) is 43.4 Å². The third-order valence-corrected chi connectivity index (χ3v) is 6.66. The summed E-state index contributed by atoms with van der Waals surface area (Å²) in [6, 6.07) is 13.2. The molecule has 1 amide bonds. The molecule has 0 aliphatic carbocycles. The summed E-state index contributed by atoms with van der Waals surface area (Å²) >= 11 is 0. The van der Waals surface area contributed by atoms with Crippen LogP contribution in [0.15, 0.2) is 42.5 Å². The fraction of sp³-hybridized carbons (Fsp3) is 0.458. The fourth-order valence-corrected chi connectivity index (χ4v) is 4.56. The van der Waals surface area contributed by atoms with Crippen molar-refractivity contribution in [2.75, 3.05) is 17.1 Å². The zero-order valence-corrected chi connectivity index (χ0v) is 19.7. The second kappa shape index (κ2) is 10.1. The Balaban J connectivity index is 1.97. The van der Waals surface area contributed by atoms with Gasteiger partial charge >= 0.3 is 0 Å². The number of hydrogen-bond acceptors (Lipinski definition) is 3. The summed E-state index contributed by atoms with van der Waals surface area (Å²) in [6.45, 7) is 10.4. The zero-order chi connectivity index (χ0) is 22.5. The van der Waals surface area contributed by atoms with Gasteiger partial charge < -0.3 is 5.32 Å². The number of nitrogens with one attached hydrogen (secondary N) is 1. The highest BCUT2D eigenvalue weighted by Crippen LogP contribution is 2.23. The van der Waals surface area contributed by atoms with Crippen molar-refractivity contribution >= 4 is 21.6 Å². The van der Waals surface area contributed by atoms with Gasteiger partial charge in [-0.15, -0.1) is 0 Å². The van der Waals surface area contributed by atoms with Gasteiger partial charge in [-0.2, -0.15) is 0 Å². The van der Waals surface area contributed by atoms with E-state index in [9.17, 15) is 13.2 Å². The second-order valence-electron chi connectivity index (χ2n) is 8.29. The molecule has 0 bridgehead atoms. The van der Waals surface area contributed by atoms with Gasteiger partial charge in [0.15, 0.2) is 0 Å². The van der Waals surface area contributed by atoms with Gasteiger partial charge in [0.1, 0.15) is 6.04 Å². The number of anilines is 1. The van der Waals surface area contributed by atoms with Crippen LogP contribution in [0.25, 0.3) is 0 Å². The van der Waals surface area contributed by atoms with Crippen molar-refractivity contribution < 1.29 is 13.2 Å². The molecule has 6 heteroatoms. The predicted molar refractivity (Wildman–Crippen MR) is 125 cm³/mol. The number of carbonyl (C=O) groups is 1. The molecule has 1 atom stereocenters. The van der Waals surface area contributed by atoms with Gasteiger partial charge in [-0.05, 0) is 73.9 Å². The van der Waals surface area contributed by atoms with Gasteiger partial charge in [-0.3, -0.25) is 9.10 Å². The average molecular weight is 431 g/mol. The zero-order valence-electron chi connectivity index (χ0n) is 18.9. The fourth-order valence-electron chi connectivity index (χ4n) is 3.39. The van der Waals surface area contributed by atoms with Crippen LogP contribution in [-0.4, -0.2) is 33.2 Å². The Bertz CT molecular complexity index is 966. The van der Waals surface area contributed by atoms with Crippen molar-refractivity contribution in [2.45, 2.75) is 59.4 Å². The van der Waals surface area contributed by atoms with E-state index in [1.807, 2.05) is 19.9 Å². The standard InChI is InChI=1S/C24H34N2O3S/c1-17(2)22-12-10-21(11-13-22)8-7-15-25-24(27)20(5)26(30(6,28)29)23-14-9-18(3)19(4)16-23/h9-14,16-17,20H,7-8,15H2,1-6H3,(H,25,27)/t20-/m0/s1. The molecule has 164 valence electrons. The minimum absolute atomic E-state index is 0.297. The Labute approximate surface area is 181 Å². The monoisotopic (exact) mass is 430 g/mol. The molecular weight excluding hydrogens is 396 g/mol. The number of hydrogen-bond donors (Lipinski definition) is 1. The Morgan fingerprint density at radius 3 is 2.17 bits per heavy atom. The topological polar surface area (TPSA) is 66.5 Å². The smallest absolute Gasteiger partial charge is 0.243 e. The van der Waals surface area contributed by atoms with E-state index < -0.39 is 16.1 Å². The second-order valence-corrected chi connectivity index (χ2v) is 10.2. The molecule has 2 aromatic rings. The van der Waals surface area contributed by atoms with Crippen LogP contribution in [0.5, 0.6) is 0 Å². The number of rotatable bonds is 9. The van der Waals surface area contributed by atoms with E-state index in [1.54, 1.807) is 19.1 Å². The Hall–Kier alpha value is -2.34. The number of nitrogens with zero attached hydrogens (tertiary/aromatic N) is 1. The lowest BCUT2D eigenvalue weighted by Crippen LogP contribution is -2.48. The Kier molecular flexibility index (Phi) is 8.07. The van der Waals surface area contributed by atoms with Crippen LogP contribution in [0.1, 0.15) is 55.4 Å². The largest absolute Gasteiger partial charge is 0.354 e. The lowest BCUT2D eigenvalue weighted by molar-refractivity contribution is -0.121. The summed E-state index contributed by atoms with van der Waals surface area (Å²) in [5, 5.41) is 2.89. The van der Waals surface area contributed by atoms with Gasteiger partial charge in [-0.1, -0.05) is 44.2 Å². The molecule has 0 radical (unpaired) electrons. The van der Waals surface area contributed by atoms with Crippen molar-refractivity contribution in [2.24, 2.45) is 0 Å². The molecule has 0 aromatic heterocycles. The van der Waals surface area contributed by atoms with Gasteiger partial charge in [0, 0.05) is 6.54 Å². The van der Waals surface area contributed by atoms with Crippen LogP contribution in [0.4, 0.5) is 5.69 Å². The first kappa shape index (κ1) is 23.9. The predicted octanol–water partition coefficient (Wildman–Crippen LogP) is 4.33. The van der Waals surface area contributed by atoms with Crippen molar-refractivity contribution in [1.29, 1.82) is 0 Å². The summed E-state index contributed by atoms with van der Waals surface area (Å²) in [5.74, 6) is 0.212. The molecule has 0 saturated carbocycles. The lowest BCUT2D eigenvalue weighted by Gasteiger charge is -2.28. The minimum Gasteiger partial charge on any atom is -0.354 e. The molecule has 2 rings (SSSR count). The minimum atomic E-state index is -3.60. The summed E-state index contributed by atoms with van der Waals surface area (Å²) in [7, 11) is -3.60. The maximum absolute atomic E-state index is 12.7. The normalized spacial score (nSPS) is 12.6. The number of sulfonamides is 1. The molecule has 0 unspecified atom stereocenters. The van der Waals surface area contributed by atoms with E-state index in [-0.39, 0.29) is 5.91 Å². The molecule has 5 nitrogen and oxygen atoms in total. The quantitative estimate of drug-likeness (QED) is 0.602. The van der Waals surface area contributed by atoms with E-state index >= 15 is 0 Å². The summed E-state index contributed by atoms with van der Waals surface area (Å²) in [4.78, 5) is 12.7. The molecule has 1 N–H and O–H groups in total. The van der Waals surface area contributed by atoms with Crippen LogP contribution in [-0.2, 0) is 21.2 Å². The van der Waals surface area contributed by atoms with Crippen molar-refractivity contribution in [3.63, 3.8) is 0 Å². The molecule has 0 saturated heterocycles. The van der Waals surface area contributed by atoms with Crippen LogP contribution < -0.4 is 9.62 Å².